The van der Waals surface area contributed by atoms with E-state index >= 15 is 0 Å². The Morgan fingerprint density at radius 3 is 2.66 bits per heavy atom. The van der Waals surface area contributed by atoms with E-state index in [2.05, 4.69) is 11.8 Å². The first kappa shape index (κ1) is 17.9. The Labute approximate surface area is 168 Å². The molecule has 0 spiro atoms. The van der Waals surface area contributed by atoms with Crippen LogP contribution in [0.4, 0.5) is 5.69 Å². The number of benzene rings is 2. The summed E-state index contributed by atoms with van der Waals surface area (Å²) < 4.78 is 23.0. The SMILES string of the molecule is CCCCc1cc(=O)oc2c3c(ccc12)OCN(c1ccc2c(c1)OCCO2)C3. The smallest absolute Gasteiger partial charge is 0.336 e. The highest BCUT2D eigenvalue weighted by Gasteiger charge is 2.24. The maximum Gasteiger partial charge on any atom is 0.336 e. The van der Waals surface area contributed by atoms with E-state index in [1.54, 1.807) is 6.07 Å². The number of aryl methyl sites for hydroxylation is 1. The van der Waals surface area contributed by atoms with Crippen LogP contribution < -0.4 is 24.7 Å². The van der Waals surface area contributed by atoms with Crippen LogP contribution >= 0.6 is 0 Å². The molecule has 0 fully saturated rings. The second kappa shape index (κ2) is 7.35. The standard InChI is InChI=1S/C23H23NO5/c1-2-3-4-15-11-22(25)29-23-17(15)6-8-19-18(23)13-24(14-28-19)16-5-7-20-21(12-16)27-10-9-26-20/h5-8,11-12H,2-4,9-10,13-14H2,1H3. The van der Waals surface area contributed by atoms with Crippen LogP contribution in [0.2, 0.25) is 0 Å². The molecular weight excluding hydrogens is 370 g/mol. The van der Waals surface area contributed by atoms with Gasteiger partial charge in [-0.15, -0.1) is 0 Å². The third-order valence-corrected chi connectivity index (χ3v) is 5.47. The molecule has 2 aliphatic rings. The van der Waals surface area contributed by atoms with Crippen LogP contribution in [-0.2, 0) is 13.0 Å². The molecule has 150 valence electrons. The number of fused-ring (bicyclic) bond motifs is 4. The second-order valence-corrected chi connectivity index (χ2v) is 7.41. The maximum absolute atomic E-state index is 12.2. The molecular formula is C23H23NO5. The van der Waals surface area contributed by atoms with Gasteiger partial charge in [0.25, 0.3) is 0 Å². The van der Waals surface area contributed by atoms with E-state index in [4.69, 9.17) is 18.6 Å². The van der Waals surface area contributed by atoms with Crippen molar-refractivity contribution in [1.82, 2.24) is 0 Å². The van der Waals surface area contributed by atoms with E-state index in [0.717, 1.165) is 58.7 Å². The number of nitrogens with zero attached hydrogens (tertiary/aromatic N) is 1. The molecule has 2 aliphatic heterocycles. The quantitative estimate of drug-likeness (QED) is 0.617. The largest absolute Gasteiger partial charge is 0.486 e. The Balaban J connectivity index is 1.53. The fourth-order valence-corrected chi connectivity index (χ4v) is 3.97. The van der Waals surface area contributed by atoms with Crippen LogP contribution in [0.5, 0.6) is 17.2 Å². The number of hydrogen-bond acceptors (Lipinski definition) is 6. The number of anilines is 1. The van der Waals surface area contributed by atoms with Crippen molar-refractivity contribution in [3.63, 3.8) is 0 Å². The molecule has 5 rings (SSSR count). The summed E-state index contributed by atoms with van der Waals surface area (Å²) in [6, 6.07) is 11.5. The van der Waals surface area contributed by atoms with Gasteiger partial charge in [0.2, 0.25) is 0 Å². The lowest BCUT2D eigenvalue weighted by molar-refractivity contribution is 0.171. The molecule has 0 amide bonds. The zero-order chi connectivity index (χ0) is 19.8. The van der Waals surface area contributed by atoms with E-state index in [9.17, 15) is 4.79 Å². The van der Waals surface area contributed by atoms with Gasteiger partial charge in [-0.25, -0.2) is 4.79 Å². The topological polar surface area (TPSA) is 61.1 Å². The summed E-state index contributed by atoms with van der Waals surface area (Å²) in [7, 11) is 0. The third kappa shape index (κ3) is 3.28. The van der Waals surface area contributed by atoms with E-state index < -0.39 is 0 Å². The maximum atomic E-state index is 12.2. The van der Waals surface area contributed by atoms with Gasteiger partial charge in [0.1, 0.15) is 24.5 Å². The fraction of sp³-hybridized carbons (Fsp3) is 0.348. The number of unbranched alkanes of at least 4 members (excludes halogenated alkanes) is 1. The molecule has 0 atom stereocenters. The van der Waals surface area contributed by atoms with Crippen LogP contribution in [0.1, 0.15) is 30.9 Å². The molecule has 3 heterocycles. The molecule has 0 N–H and O–H groups in total. The lowest BCUT2D eigenvalue weighted by Crippen LogP contribution is -2.32. The highest BCUT2D eigenvalue weighted by Crippen LogP contribution is 2.38. The van der Waals surface area contributed by atoms with Crippen molar-refractivity contribution in [2.24, 2.45) is 0 Å². The van der Waals surface area contributed by atoms with Crippen molar-refractivity contribution in [2.75, 3.05) is 24.8 Å². The number of rotatable bonds is 4. The molecule has 0 saturated carbocycles. The van der Waals surface area contributed by atoms with Gasteiger partial charge in [-0.1, -0.05) is 13.3 Å². The minimum atomic E-state index is -0.312. The summed E-state index contributed by atoms with van der Waals surface area (Å²) in [6.45, 7) is 4.27. The zero-order valence-corrected chi connectivity index (χ0v) is 16.4. The van der Waals surface area contributed by atoms with Gasteiger partial charge in [0, 0.05) is 23.2 Å². The molecule has 0 bridgehead atoms. The molecule has 6 heteroatoms. The number of ether oxygens (including phenoxy) is 3. The van der Waals surface area contributed by atoms with Gasteiger partial charge in [-0.05, 0) is 42.7 Å². The average Bonchev–Trinajstić information content (AvgIpc) is 2.76. The van der Waals surface area contributed by atoms with Crippen molar-refractivity contribution < 1.29 is 18.6 Å². The molecule has 6 nitrogen and oxygen atoms in total. The van der Waals surface area contributed by atoms with Crippen molar-refractivity contribution in [1.29, 1.82) is 0 Å². The number of hydrogen-bond donors (Lipinski definition) is 0. The Kier molecular flexibility index (Phi) is 4.54. The van der Waals surface area contributed by atoms with Crippen molar-refractivity contribution in [3.05, 3.63) is 57.9 Å². The monoisotopic (exact) mass is 393 g/mol. The highest BCUT2D eigenvalue weighted by molar-refractivity contribution is 5.85. The Hall–Kier alpha value is -3.15. The summed E-state index contributed by atoms with van der Waals surface area (Å²) >= 11 is 0. The van der Waals surface area contributed by atoms with Gasteiger partial charge in [0.05, 0.1) is 12.1 Å². The molecule has 29 heavy (non-hydrogen) atoms. The van der Waals surface area contributed by atoms with Crippen molar-refractivity contribution >= 4 is 16.7 Å². The van der Waals surface area contributed by atoms with E-state index in [0.29, 0.717) is 32.1 Å². The second-order valence-electron chi connectivity index (χ2n) is 7.41. The fourth-order valence-electron chi connectivity index (χ4n) is 3.97. The molecule has 0 radical (unpaired) electrons. The van der Waals surface area contributed by atoms with Crippen LogP contribution in [0.15, 0.2) is 45.6 Å². The molecule has 3 aromatic rings. The third-order valence-electron chi connectivity index (χ3n) is 5.47. The van der Waals surface area contributed by atoms with Gasteiger partial charge >= 0.3 is 5.63 Å². The van der Waals surface area contributed by atoms with Crippen molar-refractivity contribution in [3.8, 4) is 17.2 Å². The van der Waals surface area contributed by atoms with Crippen LogP contribution in [-0.4, -0.2) is 19.9 Å². The molecule has 1 aromatic heterocycles. The van der Waals surface area contributed by atoms with Gasteiger partial charge < -0.3 is 23.5 Å². The zero-order valence-electron chi connectivity index (χ0n) is 16.4. The normalized spacial score (nSPS) is 15.1. The minimum absolute atomic E-state index is 0.312. The van der Waals surface area contributed by atoms with Crippen molar-refractivity contribution in [2.45, 2.75) is 32.7 Å². The Morgan fingerprint density at radius 2 is 1.79 bits per heavy atom. The van der Waals surface area contributed by atoms with Gasteiger partial charge in [-0.3, -0.25) is 0 Å². The predicted octanol–water partition coefficient (Wildman–Crippen LogP) is 4.26. The summed E-state index contributed by atoms with van der Waals surface area (Å²) in [6.07, 6.45) is 2.98. The van der Waals surface area contributed by atoms with E-state index in [1.807, 2.05) is 30.3 Å². The minimum Gasteiger partial charge on any atom is -0.486 e. The van der Waals surface area contributed by atoms with Crippen LogP contribution in [0.25, 0.3) is 11.0 Å². The predicted molar refractivity (Wildman–Crippen MR) is 110 cm³/mol. The highest BCUT2D eigenvalue weighted by atomic mass is 16.6. The van der Waals surface area contributed by atoms with Crippen LogP contribution in [0.3, 0.4) is 0 Å². The summed E-state index contributed by atoms with van der Waals surface area (Å²) in [5, 5.41) is 0.990. The first-order valence-electron chi connectivity index (χ1n) is 10.1. The van der Waals surface area contributed by atoms with Gasteiger partial charge in [0.15, 0.2) is 18.2 Å². The van der Waals surface area contributed by atoms with Gasteiger partial charge in [-0.2, -0.15) is 0 Å². The van der Waals surface area contributed by atoms with E-state index in [1.165, 1.54) is 0 Å². The molecule has 2 aromatic carbocycles. The lowest BCUT2D eigenvalue weighted by atomic mass is 10.0. The molecule has 0 aliphatic carbocycles. The summed E-state index contributed by atoms with van der Waals surface area (Å²) in [5.41, 5.74) is 3.23. The molecule has 0 saturated heterocycles. The summed E-state index contributed by atoms with van der Waals surface area (Å²) in [5.74, 6) is 2.27. The Bertz CT molecular complexity index is 1120. The molecule has 0 unspecified atom stereocenters. The Morgan fingerprint density at radius 1 is 0.966 bits per heavy atom. The summed E-state index contributed by atoms with van der Waals surface area (Å²) in [4.78, 5) is 14.3. The average molecular weight is 393 g/mol. The first-order valence-corrected chi connectivity index (χ1v) is 10.1. The van der Waals surface area contributed by atoms with Crippen LogP contribution in [0, 0.1) is 0 Å². The van der Waals surface area contributed by atoms with E-state index in [-0.39, 0.29) is 5.63 Å². The first-order chi connectivity index (χ1) is 14.2. The lowest BCUT2D eigenvalue weighted by Gasteiger charge is -2.32.